The largest absolute Gasteiger partial charge is 0.455 e. The zero-order chi connectivity index (χ0) is 80.0. The summed E-state index contributed by atoms with van der Waals surface area (Å²) in [6.07, 6.45) is 0. The second-order valence-corrected chi connectivity index (χ2v) is 33.3. The van der Waals surface area contributed by atoms with Crippen LogP contribution in [0.3, 0.4) is 0 Å². The molecule has 26 rings (SSSR count). The summed E-state index contributed by atoms with van der Waals surface area (Å²) < 4.78 is 18.8. The lowest BCUT2D eigenvalue weighted by molar-refractivity contribution is 0.670. The number of rotatable bonds is 10. The first-order valence-corrected chi connectivity index (χ1v) is 42.6. The Labute approximate surface area is 706 Å². The fraction of sp³-hybridized carbons (Fsp3) is 0. The maximum Gasteiger partial charge on any atom is 0.143 e. The van der Waals surface area contributed by atoms with Gasteiger partial charge in [-0.25, -0.2) is 0 Å². The third kappa shape index (κ3) is 11.2. The summed E-state index contributed by atoms with van der Waals surface area (Å²) in [7, 11) is 0. The van der Waals surface area contributed by atoms with Crippen molar-refractivity contribution in [2.24, 2.45) is 0 Å². The molecular formula is C116H72N4OS. The van der Waals surface area contributed by atoms with E-state index in [9.17, 15) is 0 Å². The molecule has 0 atom stereocenters. The minimum absolute atomic E-state index is 0.909. The van der Waals surface area contributed by atoms with Gasteiger partial charge in [0.05, 0.1) is 44.1 Å². The van der Waals surface area contributed by atoms with E-state index in [0.717, 1.165) is 50.0 Å². The van der Waals surface area contributed by atoms with E-state index in [4.69, 9.17) is 4.42 Å². The van der Waals surface area contributed by atoms with E-state index in [1.165, 1.54) is 190 Å². The molecule has 5 nitrogen and oxygen atoms in total. The fourth-order valence-electron chi connectivity index (χ4n) is 19.6. The maximum atomic E-state index is 6.48. The van der Waals surface area contributed by atoms with Crippen molar-refractivity contribution in [3.63, 3.8) is 0 Å². The maximum absolute atomic E-state index is 6.48. The Balaban J connectivity index is 0.000000134. The van der Waals surface area contributed by atoms with Crippen molar-refractivity contribution in [3.8, 4) is 89.5 Å². The Morgan fingerprint density at radius 3 is 1.00 bits per heavy atom. The number of hydrogen-bond donors (Lipinski definition) is 0. The molecule has 0 radical (unpaired) electrons. The lowest BCUT2D eigenvalue weighted by atomic mass is 9.97. The molecule has 0 spiro atoms. The molecule has 0 N–H and O–H groups in total. The smallest absolute Gasteiger partial charge is 0.143 e. The Morgan fingerprint density at radius 1 is 0.172 bits per heavy atom. The molecule has 0 saturated carbocycles. The van der Waals surface area contributed by atoms with Crippen molar-refractivity contribution in [1.82, 2.24) is 18.3 Å². The molecule has 122 heavy (non-hydrogen) atoms. The van der Waals surface area contributed by atoms with Gasteiger partial charge in [0, 0.05) is 102 Å². The van der Waals surface area contributed by atoms with Crippen LogP contribution in [-0.4, -0.2) is 18.3 Å². The third-order valence-corrected chi connectivity index (χ3v) is 26.6. The van der Waals surface area contributed by atoms with Crippen LogP contribution in [-0.2, 0) is 0 Å². The number of fused-ring (bicyclic) bond motifs is 20. The summed E-state index contributed by atoms with van der Waals surface area (Å²) in [5, 5.41) is 19.9. The molecule has 0 aliphatic carbocycles. The summed E-state index contributed by atoms with van der Waals surface area (Å²) in [6, 6.07) is 160. The highest BCUT2D eigenvalue weighted by atomic mass is 32.1. The van der Waals surface area contributed by atoms with Gasteiger partial charge in [-0.05, 0) is 216 Å². The Kier molecular flexibility index (Phi) is 15.8. The van der Waals surface area contributed by atoms with Crippen molar-refractivity contribution >= 4 is 162 Å². The van der Waals surface area contributed by atoms with E-state index in [1.54, 1.807) is 0 Å². The van der Waals surface area contributed by atoms with E-state index >= 15 is 0 Å². The molecular weight excluding hydrogens is 1500 g/mol. The van der Waals surface area contributed by atoms with Crippen molar-refractivity contribution in [1.29, 1.82) is 0 Å². The average molecular weight is 1570 g/mol. The first-order chi connectivity index (χ1) is 60.5. The van der Waals surface area contributed by atoms with E-state index in [1.807, 2.05) is 23.5 Å². The predicted molar refractivity (Wildman–Crippen MR) is 518 cm³/mol. The SMILES string of the molecule is c1ccc(-n2c3ccc(-c4ccc(-c5ccc6c(c5)c5ccccc5n6-c5ccc6ccccc6c5)cc4)cc3c3ccc(-c4cccc5c4oc4ccccc45)cc32)cc1.c1ccc(-n2c3ccc(-c4ccc(-c5ccc6c(c5)c5ccccc5n6-c5ccc6ccccc6c5)cc4)cc3c3ccc(-c4cccc5c4sc4ccccc45)cc32)cc1. The normalized spacial score (nSPS) is 11.9. The summed E-state index contributed by atoms with van der Waals surface area (Å²) in [4.78, 5) is 0. The van der Waals surface area contributed by atoms with Crippen LogP contribution < -0.4 is 0 Å². The van der Waals surface area contributed by atoms with Crippen LogP contribution in [0.4, 0.5) is 0 Å². The van der Waals surface area contributed by atoms with Gasteiger partial charge in [0.2, 0.25) is 0 Å². The molecule has 0 bridgehead atoms. The second kappa shape index (κ2) is 27.9. The van der Waals surface area contributed by atoms with Crippen molar-refractivity contribution in [2.75, 3.05) is 0 Å². The highest BCUT2D eigenvalue weighted by Crippen LogP contribution is 2.47. The van der Waals surface area contributed by atoms with Crippen LogP contribution in [0.5, 0.6) is 0 Å². The number of para-hydroxylation sites is 6. The molecule has 20 aromatic carbocycles. The van der Waals surface area contributed by atoms with Gasteiger partial charge in [-0.2, -0.15) is 0 Å². The molecule has 0 aliphatic heterocycles. The van der Waals surface area contributed by atoms with Gasteiger partial charge in [-0.3, -0.25) is 0 Å². The number of furan rings is 1. The van der Waals surface area contributed by atoms with E-state index in [0.29, 0.717) is 0 Å². The average Bonchev–Trinajstić information content (AvgIpc) is 1.59. The number of hydrogen-bond acceptors (Lipinski definition) is 2. The van der Waals surface area contributed by atoms with E-state index < -0.39 is 0 Å². The molecule has 0 saturated heterocycles. The second-order valence-electron chi connectivity index (χ2n) is 32.2. The first-order valence-electron chi connectivity index (χ1n) is 41.8. The van der Waals surface area contributed by atoms with Gasteiger partial charge in [0.15, 0.2) is 0 Å². The molecule has 0 unspecified atom stereocenters. The molecule has 568 valence electrons. The van der Waals surface area contributed by atoms with E-state index in [2.05, 4.69) is 443 Å². The molecule has 0 fully saturated rings. The standard InChI is InChI=1S/C58H36N2O.C58H36N2S/c2*1-2-13-44(14-3-1)59-54-31-27-42(35-52(54)48-30-26-43(36-56(48)59)46-17-10-18-50-49-16-7-9-20-57(49)61-58(46)50)39-23-21-38(22-24-39)41-28-32-55-51(34-41)47-15-6-8-19-53(47)60(55)45-29-25-37-11-4-5-12-40(37)33-45/h2*1-36H. The number of benzene rings is 20. The van der Waals surface area contributed by atoms with Crippen LogP contribution in [0.25, 0.3) is 240 Å². The molecule has 26 aromatic rings. The minimum Gasteiger partial charge on any atom is -0.455 e. The zero-order valence-corrected chi connectivity index (χ0v) is 67.0. The van der Waals surface area contributed by atoms with Gasteiger partial charge in [-0.15, -0.1) is 11.3 Å². The first kappa shape index (κ1) is 69.3. The third-order valence-electron chi connectivity index (χ3n) is 25.4. The van der Waals surface area contributed by atoms with Gasteiger partial charge < -0.3 is 22.7 Å². The molecule has 6 aromatic heterocycles. The van der Waals surface area contributed by atoms with Gasteiger partial charge in [-0.1, -0.05) is 303 Å². The topological polar surface area (TPSA) is 32.9 Å². The predicted octanol–water partition coefficient (Wildman–Crippen LogP) is 32.3. The molecule has 0 aliphatic rings. The molecule has 0 amide bonds. The van der Waals surface area contributed by atoms with Crippen molar-refractivity contribution < 1.29 is 4.42 Å². The summed E-state index contributed by atoms with van der Waals surface area (Å²) in [5.41, 5.74) is 30.4. The zero-order valence-electron chi connectivity index (χ0n) is 66.2. The Hall–Kier alpha value is -15.9. The number of nitrogens with zero attached hydrogens (tertiary/aromatic N) is 4. The van der Waals surface area contributed by atoms with Gasteiger partial charge in [0.25, 0.3) is 0 Å². The van der Waals surface area contributed by atoms with E-state index in [-0.39, 0.29) is 0 Å². The van der Waals surface area contributed by atoms with Crippen LogP contribution in [0.1, 0.15) is 0 Å². The highest BCUT2D eigenvalue weighted by Gasteiger charge is 2.23. The lowest BCUT2D eigenvalue weighted by Gasteiger charge is -2.10. The molecule has 6 heteroatoms. The van der Waals surface area contributed by atoms with Gasteiger partial charge in [0.1, 0.15) is 11.2 Å². The monoisotopic (exact) mass is 1570 g/mol. The highest BCUT2D eigenvalue weighted by molar-refractivity contribution is 7.26. The fourth-order valence-corrected chi connectivity index (χ4v) is 20.8. The Bertz CT molecular complexity index is 8240. The van der Waals surface area contributed by atoms with Crippen LogP contribution in [0.15, 0.2) is 441 Å². The van der Waals surface area contributed by atoms with Crippen molar-refractivity contribution in [3.05, 3.63) is 437 Å². The summed E-state index contributed by atoms with van der Waals surface area (Å²) in [6.45, 7) is 0. The Morgan fingerprint density at radius 2 is 0.516 bits per heavy atom. The van der Waals surface area contributed by atoms with Crippen LogP contribution in [0.2, 0.25) is 0 Å². The quantitative estimate of drug-likeness (QED) is 0.134. The summed E-state index contributed by atoms with van der Waals surface area (Å²) >= 11 is 1.89. The van der Waals surface area contributed by atoms with Crippen molar-refractivity contribution in [2.45, 2.75) is 0 Å². The lowest BCUT2D eigenvalue weighted by Crippen LogP contribution is -1.93. The number of thiophene rings is 1. The molecule has 6 heterocycles. The minimum atomic E-state index is 0.909. The van der Waals surface area contributed by atoms with Crippen LogP contribution >= 0.6 is 11.3 Å². The van der Waals surface area contributed by atoms with Crippen LogP contribution in [0, 0.1) is 0 Å². The summed E-state index contributed by atoms with van der Waals surface area (Å²) in [5.74, 6) is 0. The van der Waals surface area contributed by atoms with Gasteiger partial charge >= 0.3 is 0 Å². The number of aromatic nitrogens is 4.